The first-order chi connectivity index (χ1) is 29.2. The van der Waals surface area contributed by atoms with E-state index in [9.17, 15) is 0 Å². The largest absolute Gasteiger partial charge is 0.455 e. The van der Waals surface area contributed by atoms with E-state index < -0.39 is 0 Å². The maximum absolute atomic E-state index is 6.68. The van der Waals surface area contributed by atoms with Crippen LogP contribution in [0.15, 0.2) is 199 Å². The van der Waals surface area contributed by atoms with Crippen molar-refractivity contribution in [2.24, 2.45) is 0 Å². The van der Waals surface area contributed by atoms with Gasteiger partial charge in [-0.25, -0.2) is 19.9 Å². The molecule has 0 aliphatic heterocycles. The standard InChI is InChI=1S/C54H32N4O/c1-3-13-34(14-4-1)52-56-53(35-15-5-2-6-16-35)58-54(57-52)36-25-23-33(24-26-36)37-27-30-44-47(32-37)55-50(49-45-21-11-12-22-48(45)59-51(44)49)38-28-29-43-41-19-8-7-17-39(41)40-18-9-10-20-42(40)46(43)31-38/h1-32H. The van der Waals surface area contributed by atoms with Gasteiger partial charge in [0.15, 0.2) is 17.5 Å². The number of fused-ring (bicyclic) bond motifs is 11. The molecule has 0 unspecified atom stereocenters. The highest BCUT2D eigenvalue weighted by molar-refractivity contribution is 6.26. The molecule has 3 heterocycles. The normalized spacial score (nSPS) is 11.7. The number of hydrogen-bond donors (Lipinski definition) is 0. The molecule has 5 heteroatoms. The summed E-state index contributed by atoms with van der Waals surface area (Å²) >= 11 is 0. The van der Waals surface area contributed by atoms with Crippen molar-refractivity contribution in [3.63, 3.8) is 0 Å². The Morgan fingerprint density at radius 3 is 1.34 bits per heavy atom. The van der Waals surface area contributed by atoms with Gasteiger partial charge in [0.05, 0.1) is 16.6 Å². The van der Waals surface area contributed by atoms with Gasteiger partial charge >= 0.3 is 0 Å². The molecule has 0 saturated carbocycles. The van der Waals surface area contributed by atoms with E-state index in [-0.39, 0.29) is 0 Å². The lowest BCUT2D eigenvalue weighted by Gasteiger charge is -2.13. The number of hydrogen-bond acceptors (Lipinski definition) is 5. The van der Waals surface area contributed by atoms with Crippen molar-refractivity contribution in [3.05, 3.63) is 194 Å². The Labute approximate surface area is 338 Å². The van der Waals surface area contributed by atoms with Crippen molar-refractivity contribution in [1.29, 1.82) is 0 Å². The number of benzene rings is 9. The van der Waals surface area contributed by atoms with Crippen LogP contribution < -0.4 is 0 Å². The Balaban J connectivity index is 1.00. The second kappa shape index (κ2) is 13.3. The van der Waals surface area contributed by atoms with Crippen LogP contribution in [0.4, 0.5) is 0 Å². The molecule has 0 spiro atoms. The molecule has 0 fully saturated rings. The minimum absolute atomic E-state index is 0.623. The van der Waals surface area contributed by atoms with Crippen molar-refractivity contribution < 1.29 is 4.42 Å². The summed E-state index contributed by atoms with van der Waals surface area (Å²) in [6.07, 6.45) is 0. The average molecular weight is 753 g/mol. The zero-order chi connectivity index (χ0) is 38.9. The molecule has 3 aromatic heterocycles. The van der Waals surface area contributed by atoms with Crippen LogP contribution in [-0.4, -0.2) is 19.9 Å². The third-order valence-electron chi connectivity index (χ3n) is 11.5. The summed E-state index contributed by atoms with van der Waals surface area (Å²) in [6, 6.07) is 67.5. The van der Waals surface area contributed by atoms with E-state index in [1.165, 1.54) is 32.3 Å². The number of furan rings is 1. The van der Waals surface area contributed by atoms with Crippen molar-refractivity contribution in [2.45, 2.75) is 0 Å². The Morgan fingerprint density at radius 1 is 0.288 bits per heavy atom. The van der Waals surface area contributed by atoms with Gasteiger partial charge in [-0.15, -0.1) is 0 Å². The second-order valence-electron chi connectivity index (χ2n) is 15.0. The van der Waals surface area contributed by atoms with Gasteiger partial charge in [0.1, 0.15) is 11.2 Å². The van der Waals surface area contributed by atoms with Crippen molar-refractivity contribution in [1.82, 2.24) is 19.9 Å². The summed E-state index contributed by atoms with van der Waals surface area (Å²) in [5.74, 6) is 1.90. The SMILES string of the molecule is c1ccc(-c2nc(-c3ccccc3)nc(-c3ccc(-c4ccc5c(c4)nc(-c4ccc6c7ccccc7c7ccccc7c6c4)c4c6ccccc6oc54)cc3)n2)cc1. The Bertz CT molecular complexity index is 3500. The topological polar surface area (TPSA) is 64.7 Å². The predicted octanol–water partition coefficient (Wildman–Crippen LogP) is 14.1. The predicted molar refractivity (Wildman–Crippen MR) is 242 cm³/mol. The third-order valence-corrected chi connectivity index (χ3v) is 11.5. The monoisotopic (exact) mass is 752 g/mol. The van der Waals surface area contributed by atoms with Gasteiger partial charge in [0.25, 0.3) is 0 Å². The lowest BCUT2D eigenvalue weighted by Crippen LogP contribution is -2.00. The highest BCUT2D eigenvalue weighted by Gasteiger charge is 2.20. The van der Waals surface area contributed by atoms with Gasteiger partial charge < -0.3 is 4.42 Å². The van der Waals surface area contributed by atoms with Gasteiger partial charge in [-0.05, 0) is 67.7 Å². The van der Waals surface area contributed by atoms with Crippen molar-refractivity contribution in [3.8, 4) is 56.5 Å². The third kappa shape index (κ3) is 5.47. The van der Waals surface area contributed by atoms with Crippen molar-refractivity contribution >= 4 is 65.2 Å². The maximum Gasteiger partial charge on any atom is 0.164 e. The fourth-order valence-corrected chi connectivity index (χ4v) is 8.66. The minimum atomic E-state index is 0.623. The highest BCUT2D eigenvalue weighted by atomic mass is 16.3. The molecule has 5 nitrogen and oxygen atoms in total. The maximum atomic E-state index is 6.68. The minimum Gasteiger partial charge on any atom is -0.455 e. The number of aromatic nitrogens is 4. The fourth-order valence-electron chi connectivity index (χ4n) is 8.66. The molecule has 12 rings (SSSR count). The number of nitrogens with zero attached hydrogens (tertiary/aromatic N) is 4. The van der Waals surface area contributed by atoms with Gasteiger partial charge in [0, 0.05) is 33.0 Å². The van der Waals surface area contributed by atoms with E-state index >= 15 is 0 Å². The van der Waals surface area contributed by atoms with E-state index in [1.54, 1.807) is 0 Å². The molecule has 0 amide bonds. The van der Waals surface area contributed by atoms with Gasteiger partial charge in [-0.1, -0.05) is 170 Å². The highest BCUT2D eigenvalue weighted by Crippen LogP contribution is 2.43. The number of para-hydroxylation sites is 1. The number of pyridine rings is 1. The molecule has 0 aliphatic rings. The van der Waals surface area contributed by atoms with E-state index in [0.717, 1.165) is 71.9 Å². The molecular formula is C54H32N4O. The molecule has 0 radical (unpaired) electrons. The molecule has 0 N–H and O–H groups in total. The fraction of sp³-hybridized carbons (Fsp3) is 0. The van der Waals surface area contributed by atoms with Crippen LogP contribution >= 0.6 is 0 Å². The quantitative estimate of drug-likeness (QED) is 0.164. The zero-order valence-corrected chi connectivity index (χ0v) is 31.7. The average Bonchev–Trinajstić information content (AvgIpc) is 3.72. The van der Waals surface area contributed by atoms with E-state index in [4.69, 9.17) is 24.4 Å². The molecule has 0 saturated heterocycles. The van der Waals surface area contributed by atoms with Crippen LogP contribution in [0.2, 0.25) is 0 Å². The summed E-state index contributed by atoms with van der Waals surface area (Å²) < 4.78 is 6.68. The molecule has 0 aliphatic carbocycles. The van der Waals surface area contributed by atoms with Crippen LogP contribution in [0.25, 0.3) is 122 Å². The second-order valence-corrected chi connectivity index (χ2v) is 15.0. The van der Waals surface area contributed by atoms with Crippen LogP contribution in [0.1, 0.15) is 0 Å². The lowest BCUT2D eigenvalue weighted by atomic mass is 9.92. The molecular weight excluding hydrogens is 721 g/mol. The Kier molecular flexibility index (Phi) is 7.47. The van der Waals surface area contributed by atoms with Gasteiger partial charge in [-0.2, -0.15) is 0 Å². The molecule has 12 aromatic rings. The Hall–Kier alpha value is -8.02. The van der Waals surface area contributed by atoms with Crippen LogP contribution in [0, 0.1) is 0 Å². The first-order valence-corrected chi connectivity index (χ1v) is 19.8. The zero-order valence-electron chi connectivity index (χ0n) is 31.7. The molecule has 0 bridgehead atoms. The summed E-state index contributed by atoms with van der Waals surface area (Å²) in [6.45, 7) is 0. The van der Waals surface area contributed by atoms with Crippen LogP contribution in [0.5, 0.6) is 0 Å². The van der Waals surface area contributed by atoms with E-state index in [1.807, 2.05) is 72.8 Å². The molecule has 9 aromatic carbocycles. The van der Waals surface area contributed by atoms with Crippen LogP contribution in [0.3, 0.4) is 0 Å². The summed E-state index contributed by atoms with van der Waals surface area (Å²) in [7, 11) is 0. The Morgan fingerprint density at radius 2 is 0.729 bits per heavy atom. The van der Waals surface area contributed by atoms with Gasteiger partial charge in [0.2, 0.25) is 0 Å². The number of rotatable bonds is 5. The first-order valence-electron chi connectivity index (χ1n) is 19.8. The first kappa shape index (κ1) is 33.2. The van der Waals surface area contributed by atoms with E-state index in [0.29, 0.717) is 17.5 Å². The summed E-state index contributed by atoms with van der Waals surface area (Å²) in [4.78, 5) is 20.2. The lowest BCUT2D eigenvalue weighted by molar-refractivity contribution is 0.672. The smallest absolute Gasteiger partial charge is 0.164 e. The van der Waals surface area contributed by atoms with Crippen LogP contribution in [-0.2, 0) is 0 Å². The summed E-state index contributed by atoms with van der Waals surface area (Å²) in [5, 5.41) is 10.5. The van der Waals surface area contributed by atoms with Gasteiger partial charge in [-0.3, -0.25) is 0 Å². The summed E-state index contributed by atoms with van der Waals surface area (Å²) in [5.41, 5.74) is 9.42. The van der Waals surface area contributed by atoms with Crippen molar-refractivity contribution in [2.75, 3.05) is 0 Å². The van der Waals surface area contributed by atoms with E-state index in [2.05, 4.69) is 121 Å². The molecule has 274 valence electrons. The molecule has 59 heavy (non-hydrogen) atoms. The molecule has 0 atom stereocenters.